The van der Waals surface area contributed by atoms with E-state index in [0.717, 1.165) is 49.7 Å². The van der Waals surface area contributed by atoms with Crippen LogP contribution in [0.1, 0.15) is 64.4 Å². The lowest BCUT2D eigenvalue weighted by Gasteiger charge is -2.38. The standard InChI is InChI=1S/C30H34N2O5S/c1-3-14-30(15-4-2)19-24(33)26(28(34)37-30)29(16-17-29)18-21-8-5-6-10-22(21)23-13-12-20-9-7-11-25(27(20)32-23)38(31,35)36/h5-13,33H,3-4,14-19H2,1-2H3,(H2,31,35,36). The van der Waals surface area contributed by atoms with Crippen LogP contribution in [0.2, 0.25) is 0 Å². The Balaban J connectivity index is 1.52. The van der Waals surface area contributed by atoms with E-state index in [1.165, 1.54) is 6.07 Å². The fraction of sp³-hybridized carbons (Fsp3) is 0.400. The number of sulfonamides is 1. The van der Waals surface area contributed by atoms with E-state index in [0.29, 0.717) is 35.0 Å². The van der Waals surface area contributed by atoms with Crippen LogP contribution in [0.5, 0.6) is 0 Å². The van der Waals surface area contributed by atoms with Gasteiger partial charge in [0.2, 0.25) is 10.0 Å². The van der Waals surface area contributed by atoms with E-state index in [9.17, 15) is 18.3 Å². The summed E-state index contributed by atoms with van der Waals surface area (Å²) >= 11 is 0. The number of cyclic esters (lactones) is 1. The van der Waals surface area contributed by atoms with Crippen LogP contribution in [-0.2, 0) is 26.0 Å². The number of nitrogens with zero attached hydrogens (tertiary/aromatic N) is 1. The van der Waals surface area contributed by atoms with E-state index in [-0.39, 0.29) is 10.7 Å². The van der Waals surface area contributed by atoms with Gasteiger partial charge in [0.1, 0.15) is 16.3 Å². The summed E-state index contributed by atoms with van der Waals surface area (Å²) < 4.78 is 30.4. The molecule has 3 aromatic rings. The molecule has 2 aliphatic rings. The largest absolute Gasteiger partial charge is 0.512 e. The maximum Gasteiger partial charge on any atom is 0.338 e. The summed E-state index contributed by atoms with van der Waals surface area (Å²) in [6.45, 7) is 4.13. The third-order valence-corrected chi connectivity index (χ3v) is 8.84. The third-order valence-electron chi connectivity index (χ3n) is 7.90. The zero-order valence-electron chi connectivity index (χ0n) is 21.9. The van der Waals surface area contributed by atoms with Crippen LogP contribution in [0.4, 0.5) is 0 Å². The number of pyridine rings is 1. The Hall–Kier alpha value is -3.23. The minimum atomic E-state index is -3.95. The van der Waals surface area contributed by atoms with Gasteiger partial charge in [0.25, 0.3) is 0 Å². The van der Waals surface area contributed by atoms with Gasteiger partial charge in [0.15, 0.2) is 0 Å². The molecule has 2 heterocycles. The van der Waals surface area contributed by atoms with E-state index in [1.807, 2.05) is 36.4 Å². The molecule has 1 fully saturated rings. The highest BCUT2D eigenvalue weighted by Gasteiger charge is 2.54. The van der Waals surface area contributed by atoms with E-state index < -0.39 is 27.0 Å². The van der Waals surface area contributed by atoms with Gasteiger partial charge in [-0.3, -0.25) is 0 Å². The smallest absolute Gasteiger partial charge is 0.338 e. The topological polar surface area (TPSA) is 120 Å². The van der Waals surface area contributed by atoms with Crippen LogP contribution in [0.25, 0.3) is 22.2 Å². The number of nitrogens with two attached hydrogens (primary N) is 1. The van der Waals surface area contributed by atoms with E-state index in [4.69, 9.17) is 14.9 Å². The second kappa shape index (κ2) is 9.82. The number of para-hydroxylation sites is 1. The number of hydrogen-bond acceptors (Lipinski definition) is 6. The van der Waals surface area contributed by atoms with E-state index in [1.54, 1.807) is 12.1 Å². The number of aliphatic hydroxyl groups excluding tert-OH is 1. The van der Waals surface area contributed by atoms with Crippen molar-refractivity contribution in [3.05, 3.63) is 71.5 Å². The van der Waals surface area contributed by atoms with Crippen molar-refractivity contribution in [2.45, 2.75) is 75.7 Å². The monoisotopic (exact) mass is 534 g/mol. The molecule has 1 aromatic heterocycles. The molecule has 2 aromatic carbocycles. The highest BCUT2D eigenvalue weighted by molar-refractivity contribution is 7.89. The van der Waals surface area contributed by atoms with Gasteiger partial charge in [0, 0.05) is 22.8 Å². The number of benzene rings is 2. The summed E-state index contributed by atoms with van der Waals surface area (Å²) in [5, 5.41) is 17.3. The molecular formula is C30H34N2O5S. The first-order valence-electron chi connectivity index (χ1n) is 13.3. The predicted molar refractivity (Wildman–Crippen MR) is 147 cm³/mol. The van der Waals surface area contributed by atoms with Crippen LogP contribution in [-0.4, -0.2) is 30.1 Å². The Kier molecular flexibility index (Phi) is 6.82. The van der Waals surface area contributed by atoms with Gasteiger partial charge in [0.05, 0.1) is 16.8 Å². The summed E-state index contributed by atoms with van der Waals surface area (Å²) in [5.41, 5.74) is 2.07. The van der Waals surface area contributed by atoms with Crippen molar-refractivity contribution in [3.63, 3.8) is 0 Å². The van der Waals surface area contributed by atoms with Gasteiger partial charge in [-0.1, -0.05) is 69.2 Å². The number of ether oxygens (including phenoxy) is 1. The molecule has 5 rings (SSSR count). The zero-order chi connectivity index (χ0) is 27.1. The summed E-state index contributed by atoms with van der Waals surface area (Å²) in [5.74, 6) is -0.230. The Morgan fingerprint density at radius 2 is 1.71 bits per heavy atom. The number of aliphatic hydroxyl groups is 1. The predicted octanol–water partition coefficient (Wildman–Crippen LogP) is 5.97. The van der Waals surface area contributed by atoms with Gasteiger partial charge >= 0.3 is 5.97 Å². The number of fused-ring (bicyclic) bond motifs is 1. The highest BCUT2D eigenvalue weighted by atomic mass is 32.2. The van der Waals surface area contributed by atoms with Gasteiger partial charge in [-0.15, -0.1) is 0 Å². The summed E-state index contributed by atoms with van der Waals surface area (Å²) in [7, 11) is -3.95. The van der Waals surface area contributed by atoms with Crippen LogP contribution in [0, 0.1) is 5.41 Å². The lowest BCUT2D eigenvalue weighted by atomic mass is 9.79. The molecule has 0 atom stereocenters. The fourth-order valence-corrected chi connectivity index (χ4v) is 6.79. The second-order valence-electron chi connectivity index (χ2n) is 10.8. The molecule has 0 bridgehead atoms. The quantitative estimate of drug-likeness (QED) is 0.326. The molecule has 0 amide bonds. The van der Waals surface area contributed by atoms with Crippen LogP contribution < -0.4 is 5.14 Å². The molecule has 0 unspecified atom stereocenters. The molecule has 8 heteroatoms. The molecular weight excluding hydrogens is 500 g/mol. The molecule has 1 aliphatic heterocycles. The van der Waals surface area contributed by atoms with Crippen molar-refractivity contribution in [3.8, 4) is 11.3 Å². The Bertz CT molecular complexity index is 1530. The maximum absolute atomic E-state index is 13.4. The van der Waals surface area contributed by atoms with Crippen LogP contribution >= 0.6 is 0 Å². The van der Waals surface area contributed by atoms with Crippen molar-refractivity contribution in [2.75, 3.05) is 0 Å². The van der Waals surface area contributed by atoms with Crippen molar-refractivity contribution in [1.82, 2.24) is 4.98 Å². The normalized spacial score (nSPS) is 18.4. The molecule has 0 radical (unpaired) electrons. The van der Waals surface area contributed by atoms with Gasteiger partial charge in [-0.25, -0.2) is 23.3 Å². The SMILES string of the molecule is CCCC1(CCC)CC(O)=C(C2(Cc3ccccc3-c3ccc4cccc(S(N)(=O)=O)c4n3)CC2)C(=O)O1. The van der Waals surface area contributed by atoms with Crippen molar-refractivity contribution in [2.24, 2.45) is 10.6 Å². The number of rotatable bonds is 9. The number of carbonyl (C=O) groups is 1. The first-order valence-corrected chi connectivity index (χ1v) is 14.8. The molecule has 38 heavy (non-hydrogen) atoms. The number of carbonyl (C=O) groups excluding carboxylic acids is 1. The minimum absolute atomic E-state index is 0.0179. The summed E-state index contributed by atoms with van der Waals surface area (Å²) in [6, 6.07) is 16.4. The third kappa shape index (κ3) is 4.83. The van der Waals surface area contributed by atoms with Crippen molar-refractivity contribution in [1.29, 1.82) is 0 Å². The second-order valence-corrected chi connectivity index (χ2v) is 12.3. The van der Waals surface area contributed by atoms with E-state index >= 15 is 0 Å². The van der Waals surface area contributed by atoms with Crippen molar-refractivity contribution >= 4 is 26.9 Å². The number of hydrogen-bond donors (Lipinski definition) is 2. The molecule has 7 nitrogen and oxygen atoms in total. The molecule has 1 saturated carbocycles. The summed E-state index contributed by atoms with van der Waals surface area (Å²) in [6.07, 6.45) is 5.68. The first kappa shape index (κ1) is 26.4. The Morgan fingerprint density at radius 1 is 1.00 bits per heavy atom. The van der Waals surface area contributed by atoms with E-state index in [2.05, 4.69) is 13.8 Å². The highest BCUT2D eigenvalue weighted by Crippen LogP contribution is 2.58. The fourth-order valence-electron chi connectivity index (χ4n) is 6.09. The minimum Gasteiger partial charge on any atom is -0.512 e. The lowest BCUT2D eigenvalue weighted by molar-refractivity contribution is -0.162. The van der Waals surface area contributed by atoms with Crippen molar-refractivity contribution < 1.29 is 23.1 Å². The molecule has 3 N–H and O–H groups in total. The van der Waals surface area contributed by atoms with Gasteiger partial charge in [-0.05, 0) is 49.8 Å². The van der Waals surface area contributed by atoms with Gasteiger partial charge in [-0.2, -0.15) is 0 Å². The Morgan fingerprint density at radius 3 is 2.34 bits per heavy atom. The van der Waals surface area contributed by atoms with Crippen LogP contribution in [0.15, 0.2) is 70.8 Å². The van der Waals surface area contributed by atoms with Gasteiger partial charge < -0.3 is 9.84 Å². The number of esters is 1. The molecule has 0 spiro atoms. The molecule has 1 aliphatic carbocycles. The van der Waals surface area contributed by atoms with Crippen LogP contribution in [0.3, 0.4) is 0 Å². The average Bonchev–Trinajstić information content (AvgIpc) is 3.62. The lowest BCUT2D eigenvalue weighted by Crippen LogP contribution is -2.42. The average molecular weight is 535 g/mol. The Labute approximate surface area is 223 Å². The zero-order valence-corrected chi connectivity index (χ0v) is 22.7. The number of primary sulfonamides is 1. The maximum atomic E-state index is 13.4. The molecule has 0 saturated heterocycles. The first-order chi connectivity index (χ1) is 18.1. The molecule has 200 valence electrons. The summed E-state index contributed by atoms with van der Waals surface area (Å²) in [4.78, 5) is 18.1. The number of aromatic nitrogens is 1.